The van der Waals surface area contributed by atoms with E-state index in [9.17, 15) is 18.0 Å². The summed E-state index contributed by atoms with van der Waals surface area (Å²) in [6.45, 7) is 0.457. The fourth-order valence-electron chi connectivity index (χ4n) is 2.09. The quantitative estimate of drug-likeness (QED) is 0.433. The van der Waals surface area contributed by atoms with Crippen molar-refractivity contribution < 1.29 is 22.7 Å². The Balaban J connectivity index is 2.36. The zero-order chi connectivity index (χ0) is 15.2. The fraction of sp³-hybridized carbons (Fsp3) is 0.917. The lowest BCUT2D eigenvalue weighted by Crippen LogP contribution is -2.39. The summed E-state index contributed by atoms with van der Waals surface area (Å²) in [5.74, 6) is -0.561. The van der Waals surface area contributed by atoms with Gasteiger partial charge in [0.05, 0.1) is 12.5 Å². The lowest BCUT2D eigenvalue weighted by Gasteiger charge is -2.28. The summed E-state index contributed by atoms with van der Waals surface area (Å²) < 4.78 is 45.7. The van der Waals surface area contributed by atoms with Crippen molar-refractivity contribution in [2.75, 3.05) is 6.61 Å². The van der Waals surface area contributed by atoms with Gasteiger partial charge in [-0.3, -0.25) is 9.93 Å². The molecule has 1 saturated carbocycles. The van der Waals surface area contributed by atoms with E-state index in [-0.39, 0.29) is 23.3 Å². The summed E-state index contributed by atoms with van der Waals surface area (Å²) in [6, 6.07) is 0. The molecule has 0 aromatic carbocycles. The third kappa shape index (κ3) is 5.04. The Kier molecular flexibility index (Phi) is 7.00. The maximum atomic E-state index is 13.9. The van der Waals surface area contributed by atoms with Crippen molar-refractivity contribution in [2.45, 2.75) is 56.4 Å². The van der Waals surface area contributed by atoms with Gasteiger partial charge in [0.2, 0.25) is 0 Å². The molecule has 2 N–H and O–H groups in total. The van der Waals surface area contributed by atoms with Gasteiger partial charge >= 0.3 is 11.2 Å². The summed E-state index contributed by atoms with van der Waals surface area (Å²) in [7, 11) is 0.290. The SMILES string of the molecule is CC(F)(CCOC(=O)C1CCCCC1)C(F)(F)SSN. The number of carbonyl (C=O) groups excluding carboxylic acids is 1. The lowest BCUT2D eigenvalue weighted by atomic mass is 9.89. The van der Waals surface area contributed by atoms with Gasteiger partial charge in [-0.25, -0.2) is 4.39 Å². The molecular formula is C12H20F3NO2S2. The number of hydrogen-bond acceptors (Lipinski definition) is 5. The minimum Gasteiger partial charge on any atom is -0.465 e. The van der Waals surface area contributed by atoms with Gasteiger partial charge in [0.1, 0.15) is 0 Å². The van der Waals surface area contributed by atoms with Gasteiger partial charge in [0.15, 0.2) is 5.67 Å². The molecule has 1 rings (SSSR count). The van der Waals surface area contributed by atoms with Crippen molar-refractivity contribution in [1.82, 2.24) is 0 Å². The van der Waals surface area contributed by atoms with Gasteiger partial charge < -0.3 is 4.74 Å². The molecule has 1 unspecified atom stereocenters. The third-order valence-electron chi connectivity index (χ3n) is 3.51. The fourth-order valence-corrected chi connectivity index (χ4v) is 3.37. The first-order chi connectivity index (χ1) is 9.30. The van der Waals surface area contributed by atoms with Crippen molar-refractivity contribution in [3.05, 3.63) is 0 Å². The lowest BCUT2D eigenvalue weighted by molar-refractivity contribution is -0.152. The van der Waals surface area contributed by atoms with E-state index >= 15 is 0 Å². The molecule has 1 fully saturated rings. The van der Waals surface area contributed by atoms with Crippen LogP contribution in [0.1, 0.15) is 45.4 Å². The zero-order valence-electron chi connectivity index (χ0n) is 11.4. The third-order valence-corrected chi connectivity index (χ3v) is 5.16. The van der Waals surface area contributed by atoms with E-state index in [1.165, 1.54) is 0 Å². The summed E-state index contributed by atoms with van der Waals surface area (Å²) in [4.78, 5) is 11.7. The second-order valence-electron chi connectivity index (χ2n) is 5.15. The van der Waals surface area contributed by atoms with Gasteiger partial charge in [-0.05, 0) is 30.7 Å². The molecule has 0 aromatic rings. The number of carbonyl (C=O) groups is 1. The van der Waals surface area contributed by atoms with E-state index in [2.05, 4.69) is 0 Å². The monoisotopic (exact) mass is 331 g/mol. The molecule has 20 heavy (non-hydrogen) atoms. The normalized spacial score (nSPS) is 20.4. The van der Waals surface area contributed by atoms with E-state index in [0.717, 1.165) is 39.0 Å². The molecule has 0 saturated heterocycles. The van der Waals surface area contributed by atoms with Crippen LogP contribution < -0.4 is 5.14 Å². The summed E-state index contributed by atoms with van der Waals surface area (Å²) in [5.41, 5.74) is -2.77. The molecule has 118 valence electrons. The second-order valence-corrected chi connectivity index (χ2v) is 7.10. The summed E-state index contributed by atoms with van der Waals surface area (Å²) in [6.07, 6.45) is 4.04. The zero-order valence-corrected chi connectivity index (χ0v) is 13.0. The molecule has 1 aliphatic rings. The first kappa shape index (κ1) is 18.0. The molecule has 0 aliphatic heterocycles. The van der Waals surface area contributed by atoms with Crippen LogP contribution in [0.15, 0.2) is 0 Å². The predicted octanol–water partition coefficient (Wildman–Crippen LogP) is 4.08. The molecule has 0 heterocycles. The van der Waals surface area contributed by atoms with Crippen LogP contribution >= 0.6 is 21.8 Å². The molecule has 0 amide bonds. The van der Waals surface area contributed by atoms with E-state index in [1.54, 1.807) is 0 Å². The number of ether oxygens (including phenoxy) is 1. The molecular weight excluding hydrogens is 311 g/mol. The van der Waals surface area contributed by atoms with Crippen LogP contribution in [-0.2, 0) is 9.53 Å². The first-order valence-electron chi connectivity index (χ1n) is 6.58. The van der Waals surface area contributed by atoms with Gasteiger partial charge in [-0.2, -0.15) is 8.78 Å². The highest BCUT2D eigenvalue weighted by Crippen LogP contribution is 2.47. The Labute approximate surface area is 125 Å². The van der Waals surface area contributed by atoms with Crippen LogP contribution in [0.5, 0.6) is 0 Å². The number of esters is 1. The largest absolute Gasteiger partial charge is 0.465 e. The average molecular weight is 331 g/mol. The summed E-state index contributed by atoms with van der Waals surface area (Å²) in [5, 5.41) is 1.31. The van der Waals surface area contributed by atoms with Gasteiger partial charge in [-0.1, -0.05) is 19.3 Å². The number of rotatable bonds is 7. The maximum absolute atomic E-state index is 13.9. The van der Waals surface area contributed by atoms with Gasteiger partial charge in [0, 0.05) is 17.2 Å². The predicted molar refractivity (Wildman–Crippen MR) is 76.0 cm³/mol. The Morgan fingerprint density at radius 1 is 1.30 bits per heavy atom. The van der Waals surface area contributed by atoms with Gasteiger partial charge in [0.25, 0.3) is 0 Å². The number of halogens is 3. The highest BCUT2D eigenvalue weighted by atomic mass is 33.1. The Morgan fingerprint density at radius 2 is 1.90 bits per heavy atom. The number of nitrogens with two attached hydrogens (primary N) is 1. The van der Waals surface area contributed by atoms with Crippen molar-refractivity contribution in [3.8, 4) is 0 Å². The van der Waals surface area contributed by atoms with E-state index in [1.807, 2.05) is 0 Å². The molecule has 0 aromatic heterocycles. The standard InChI is InChI=1S/C12H20F3NO2S2/c1-11(13,12(14,15)19-20-16)7-8-18-10(17)9-5-3-2-4-6-9/h9H,2-8,16H2,1H3. The topological polar surface area (TPSA) is 52.3 Å². The van der Waals surface area contributed by atoms with Crippen molar-refractivity contribution in [2.24, 2.45) is 11.1 Å². The second kappa shape index (κ2) is 7.79. The van der Waals surface area contributed by atoms with Crippen LogP contribution in [0.4, 0.5) is 13.2 Å². The first-order valence-corrected chi connectivity index (χ1v) is 8.79. The highest BCUT2D eigenvalue weighted by Gasteiger charge is 2.52. The van der Waals surface area contributed by atoms with Crippen molar-refractivity contribution in [3.63, 3.8) is 0 Å². The molecule has 0 radical (unpaired) electrons. The highest BCUT2D eigenvalue weighted by molar-refractivity contribution is 8.76. The number of alkyl halides is 3. The minimum absolute atomic E-state index is 0.0270. The Bertz CT molecular complexity index is 324. The van der Waals surface area contributed by atoms with Crippen LogP contribution in [0.3, 0.4) is 0 Å². The summed E-state index contributed by atoms with van der Waals surface area (Å²) >= 11 is 0. The van der Waals surface area contributed by atoms with Crippen LogP contribution in [-0.4, -0.2) is 23.5 Å². The van der Waals surface area contributed by atoms with Crippen molar-refractivity contribution >= 4 is 27.7 Å². The van der Waals surface area contributed by atoms with Crippen molar-refractivity contribution in [1.29, 1.82) is 0 Å². The van der Waals surface area contributed by atoms with E-state index in [4.69, 9.17) is 9.88 Å². The molecule has 1 atom stereocenters. The smallest absolute Gasteiger partial charge is 0.337 e. The van der Waals surface area contributed by atoms with E-state index < -0.39 is 23.3 Å². The maximum Gasteiger partial charge on any atom is 0.337 e. The Morgan fingerprint density at radius 3 is 2.45 bits per heavy atom. The van der Waals surface area contributed by atoms with Crippen LogP contribution in [0.2, 0.25) is 0 Å². The molecule has 0 spiro atoms. The van der Waals surface area contributed by atoms with Gasteiger partial charge in [-0.15, -0.1) is 0 Å². The van der Waals surface area contributed by atoms with E-state index in [0.29, 0.717) is 11.0 Å². The minimum atomic E-state index is -3.62. The molecule has 8 heteroatoms. The number of hydrogen-bond donors (Lipinski definition) is 1. The van der Waals surface area contributed by atoms with Crippen LogP contribution in [0, 0.1) is 5.92 Å². The molecule has 0 bridgehead atoms. The van der Waals surface area contributed by atoms with Crippen LogP contribution in [0.25, 0.3) is 0 Å². The Hall–Kier alpha value is -0.0800. The molecule has 1 aliphatic carbocycles. The molecule has 3 nitrogen and oxygen atoms in total. The average Bonchev–Trinajstić information content (AvgIpc) is 2.39.